The lowest BCUT2D eigenvalue weighted by Crippen LogP contribution is -2.27. The maximum atomic E-state index is 12.4. The molecule has 0 atom stereocenters. The van der Waals surface area contributed by atoms with E-state index in [1.54, 1.807) is 18.2 Å². The molecule has 5 nitrogen and oxygen atoms in total. The first kappa shape index (κ1) is 15.2. The zero-order valence-corrected chi connectivity index (χ0v) is 13.2. The summed E-state index contributed by atoms with van der Waals surface area (Å²) < 4.78 is 1.27. The normalized spacial score (nSPS) is 10.7. The van der Waals surface area contributed by atoms with Crippen molar-refractivity contribution >= 4 is 34.1 Å². The summed E-state index contributed by atoms with van der Waals surface area (Å²) in [5.41, 5.74) is 2.05. The Bertz CT molecular complexity index is 933. The number of nitrogens with one attached hydrogen (secondary N) is 1. The standard InChI is InChI=1S/C17H14ClN3O2/c1-11-2-5-13(6-3-11)20-16(22)9-21-10-19-15-7-4-12(18)8-14(15)17(21)23/h2-8,10H,9H2,1H3,(H,20,22). The average Bonchev–Trinajstić information content (AvgIpc) is 2.53. The Kier molecular flexibility index (Phi) is 4.12. The van der Waals surface area contributed by atoms with Crippen LogP contribution in [0.5, 0.6) is 0 Å². The first-order valence-corrected chi connectivity index (χ1v) is 7.42. The number of hydrogen-bond donors (Lipinski definition) is 1. The van der Waals surface area contributed by atoms with Crippen molar-refractivity contribution in [2.75, 3.05) is 5.32 Å². The molecule has 0 aliphatic heterocycles. The van der Waals surface area contributed by atoms with Gasteiger partial charge in [-0.2, -0.15) is 0 Å². The van der Waals surface area contributed by atoms with Gasteiger partial charge in [-0.25, -0.2) is 4.98 Å². The van der Waals surface area contributed by atoms with Crippen molar-refractivity contribution < 1.29 is 4.79 Å². The molecular weight excluding hydrogens is 314 g/mol. The fourth-order valence-electron chi connectivity index (χ4n) is 2.24. The van der Waals surface area contributed by atoms with Crippen LogP contribution in [0.3, 0.4) is 0 Å². The molecule has 3 aromatic rings. The second-order valence-electron chi connectivity index (χ2n) is 5.25. The minimum absolute atomic E-state index is 0.109. The number of fused-ring (bicyclic) bond motifs is 1. The first-order valence-electron chi connectivity index (χ1n) is 7.04. The summed E-state index contributed by atoms with van der Waals surface area (Å²) in [6, 6.07) is 12.3. The number of benzene rings is 2. The second kappa shape index (κ2) is 6.22. The smallest absolute Gasteiger partial charge is 0.261 e. The van der Waals surface area contributed by atoms with Gasteiger partial charge >= 0.3 is 0 Å². The van der Waals surface area contributed by atoms with Crippen molar-refractivity contribution in [1.29, 1.82) is 0 Å². The highest BCUT2D eigenvalue weighted by molar-refractivity contribution is 6.31. The van der Waals surface area contributed by atoms with Crippen molar-refractivity contribution in [3.63, 3.8) is 0 Å². The van der Waals surface area contributed by atoms with E-state index < -0.39 is 0 Å². The summed E-state index contributed by atoms with van der Waals surface area (Å²) in [5.74, 6) is -0.292. The van der Waals surface area contributed by atoms with Gasteiger partial charge in [0.1, 0.15) is 6.54 Å². The van der Waals surface area contributed by atoms with Crippen molar-refractivity contribution in [3.05, 3.63) is 69.7 Å². The highest BCUT2D eigenvalue weighted by Crippen LogP contribution is 2.14. The van der Waals surface area contributed by atoms with Crippen LogP contribution >= 0.6 is 11.6 Å². The predicted octanol–water partition coefficient (Wildman–Crippen LogP) is 3.00. The Morgan fingerprint density at radius 2 is 1.96 bits per heavy atom. The van der Waals surface area contributed by atoms with E-state index in [1.165, 1.54) is 10.9 Å². The summed E-state index contributed by atoms with van der Waals surface area (Å²) >= 11 is 5.91. The van der Waals surface area contributed by atoms with E-state index in [1.807, 2.05) is 31.2 Å². The molecule has 0 spiro atoms. The van der Waals surface area contributed by atoms with Gasteiger partial charge in [-0.05, 0) is 37.3 Å². The molecule has 0 saturated carbocycles. The molecule has 0 unspecified atom stereocenters. The van der Waals surface area contributed by atoms with Gasteiger partial charge in [0.05, 0.1) is 17.2 Å². The number of nitrogens with zero attached hydrogens (tertiary/aromatic N) is 2. The third-order valence-corrected chi connectivity index (χ3v) is 3.67. The summed E-state index contributed by atoms with van der Waals surface area (Å²) in [4.78, 5) is 28.7. The van der Waals surface area contributed by atoms with Gasteiger partial charge in [0.25, 0.3) is 5.56 Å². The highest BCUT2D eigenvalue weighted by Gasteiger charge is 2.09. The largest absolute Gasteiger partial charge is 0.325 e. The molecule has 1 amide bonds. The van der Waals surface area contributed by atoms with E-state index in [0.717, 1.165) is 5.56 Å². The molecule has 1 heterocycles. The molecule has 1 N–H and O–H groups in total. The number of halogens is 1. The average molecular weight is 328 g/mol. The van der Waals surface area contributed by atoms with Gasteiger partial charge in [-0.3, -0.25) is 14.2 Å². The monoisotopic (exact) mass is 327 g/mol. The van der Waals surface area contributed by atoms with Gasteiger partial charge in [0.15, 0.2) is 0 Å². The molecule has 0 aliphatic carbocycles. The number of aryl methyl sites for hydroxylation is 1. The topological polar surface area (TPSA) is 64.0 Å². The number of rotatable bonds is 3. The first-order chi connectivity index (χ1) is 11.0. The predicted molar refractivity (Wildman–Crippen MR) is 90.8 cm³/mol. The fourth-order valence-corrected chi connectivity index (χ4v) is 2.41. The van der Waals surface area contributed by atoms with Crippen LogP contribution in [-0.4, -0.2) is 15.5 Å². The van der Waals surface area contributed by atoms with Crippen LogP contribution in [-0.2, 0) is 11.3 Å². The molecule has 6 heteroatoms. The van der Waals surface area contributed by atoms with Gasteiger partial charge in [-0.1, -0.05) is 29.3 Å². The molecule has 0 aliphatic rings. The maximum Gasteiger partial charge on any atom is 0.261 e. The molecule has 2 aromatic carbocycles. The summed E-state index contributed by atoms with van der Waals surface area (Å²) in [6.45, 7) is 1.86. The summed E-state index contributed by atoms with van der Waals surface area (Å²) in [7, 11) is 0. The van der Waals surface area contributed by atoms with Crippen LogP contribution in [0, 0.1) is 6.92 Å². The fraction of sp³-hybridized carbons (Fsp3) is 0.118. The third kappa shape index (κ3) is 3.40. The number of carbonyl (C=O) groups is 1. The molecule has 0 bridgehead atoms. The Labute approximate surface area is 137 Å². The lowest BCUT2D eigenvalue weighted by molar-refractivity contribution is -0.116. The zero-order chi connectivity index (χ0) is 16.4. The second-order valence-corrected chi connectivity index (χ2v) is 5.69. The molecule has 0 fully saturated rings. The van der Waals surface area contributed by atoms with E-state index in [-0.39, 0.29) is 18.0 Å². The minimum Gasteiger partial charge on any atom is -0.325 e. The van der Waals surface area contributed by atoms with Crippen molar-refractivity contribution in [3.8, 4) is 0 Å². The molecule has 0 saturated heterocycles. The lowest BCUT2D eigenvalue weighted by atomic mass is 10.2. The van der Waals surface area contributed by atoms with Crippen molar-refractivity contribution in [1.82, 2.24) is 9.55 Å². The molecule has 116 valence electrons. The summed E-state index contributed by atoms with van der Waals surface area (Å²) in [5, 5.41) is 3.60. The minimum atomic E-state index is -0.295. The Balaban J connectivity index is 1.83. The number of hydrogen-bond acceptors (Lipinski definition) is 3. The zero-order valence-electron chi connectivity index (χ0n) is 12.4. The Morgan fingerprint density at radius 1 is 1.22 bits per heavy atom. The molecular formula is C17H14ClN3O2. The van der Waals surface area contributed by atoms with E-state index in [2.05, 4.69) is 10.3 Å². The number of aromatic nitrogens is 2. The van der Waals surface area contributed by atoms with E-state index in [4.69, 9.17) is 11.6 Å². The maximum absolute atomic E-state index is 12.4. The summed E-state index contributed by atoms with van der Waals surface area (Å²) in [6.07, 6.45) is 1.37. The van der Waals surface area contributed by atoms with Gasteiger partial charge in [0.2, 0.25) is 5.91 Å². The number of amides is 1. The van der Waals surface area contributed by atoms with Crippen molar-refractivity contribution in [2.24, 2.45) is 0 Å². The van der Waals surface area contributed by atoms with Crippen LogP contribution in [0.2, 0.25) is 5.02 Å². The van der Waals surface area contributed by atoms with Gasteiger partial charge in [-0.15, -0.1) is 0 Å². The molecule has 3 rings (SSSR count). The van der Waals surface area contributed by atoms with Crippen LogP contribution in [0.25, 0.3) is 10.9 Å². The quantitative estimate of drug-likeness (QED) is 0.804. The lowest BCUT2D eigenvalue weighted by Gasteiger charge is -2.08. The van der Waals surface area contributed by atoms with Gasteiger partial charge < -0.3 is 5.32 Å². The number of anilines is 1. The van der Waals surface area contributed by atoms with E-state index >= 15 is 0 Å². The Morgan fingerprint density at radius 3 is 2.70 bits per heavy atom. The van der Waals surface area contributed by atoms with Crippen molar-refractivity contribution in [2.45, 2.75) is 13.5 Å². The van der Waals surface area contributed by atoms with Crippen LogP contribution in [0.4, 0.5) is 5.69 Å². The van der Waals surface area contributed by atoms with E-state index in [9.17, 15) is 9.59 Å². The highest BCUT2D eigenvalue weighted by atomic mass is 35.5. The van der Waals surface area contributed by atoms with E-state index in [0.29, 0.717) is 21.6 Å². The molecule has 23 heavy (non-hydrogen) atoms. The SMILES string of the molecule is Cc1ccc(NC(=O)Cn2cnc3ccc(Cl)cc3c2=O)cc1. The third-order valence-electron chi connectivity index (χ3n) is 3.44. The van der Waals surface area contributed by atoms with Gasteiger partial charge in [0, 0.05) is 10.7 Å². The van der Waals surface area contributed by atoms with Crippen LogP contribution < -0.4 is 10.9 Å². The number of carbonyl (C=O) groups excluding carboxylic acids is 1. The molecule has 1 aromatic heterocycles. The van der Waals surface area contributed by atoms with Crippen LogP contribution in [0.1, 0.15) is 5.56 Å². The molecule has 0 radical (unpaired) electrons. The van der Waals surface area contributed by atoms with Crippen LogP contribution in [0.15, 0.2) is 53.6 Å². The Hall–Kier alpha value is -2.66.